The molecule has 6 nitrogen and oxygen atoms in total. The van der Waals surface area contributed by atoms with Crippen molar-refractivity contribution >= 4 is 5.69 Å². The van der Waals surface area contributed by atoms with Gasteiger partial charge >= 0.3 is 0 Å². The lowest BCUT2D eigenvalue weighted by Gasteiger charge is -2.36. The molecule has 2 aromatic rings. The van der Waals surface area contributed by atoms with E-state index in [-0.39, 0.29) is 0 Å². The van der Waals surface area contributed by atoms with Crippen LogP contribution in [-0.2, 0) is 14.2 Å². The molecule has 1 fully saturated rings. The van der Waals surface area contributed by atoms with Gasteiger partial charge in [-0.25, -0.2) is 0 Å². The van der Waals surface area contributed by atoms with E-state index in [1.807, 2.05) is 137 Å². The summed E-state index contributed by atoms with van der Waals surface area (Å²) in [5, 5.41) is 0. The number of rotatable bonds is 16. The van der Waals surface area contributed by atoms with Crippen LogP contribution < -0.4 is 9.64 Å². The van der Waals surface area contributed by atoms with Gasteiger partial charge in [-0.2, -0.15) is 0 Å². The van der Waals surface area contributed by atoms with E-state index in [1.54, 1.807) is 13.4 Å². The Kier molecular flexibility index (Phi) is 52.1. The molecule has 1 aliphatic rings. The zero-order valence-corrected chi connectivity index (χ0v) is 33.3. The Morgan fingerprint density at radius 3 is 1.69 bits per heavy atom. The number of benzene rings is 2. The smallest absolute Gasteiger partial charge is 0.119 e. The molecular formula is C42H76N2O4. The average molecular weight is 673 g/mol. The van der Waals surface area contributed by atoms with Gasteiger partial charge in [-0.1, -0.05) is 130 Å². The van der Waals surface area contributed by atoms with E-state index in [0.717, 1.165) is 71.1 Å². The van der Waals surface area contributed by atoms with Crippen LogP contribution in [0.25, 0.3) is 0 Å². The van der Waals surface area contributed by atoms with Gasteiger partial charge in [0, 0.05) is 45.5 Å². The maximum Gasteiger partial charge on any atom is 0.119 e. The molecular weight excluding hydrogens is 596 g/mol. The lowest BCUT2D eigenvalue weighted by Crippen LogP contribution is -2.47. The number of unbranched alkanes of at least 4 members (excludes halogenated alkanes) is 1. The van der Waals surface area contributed by atoms with Crippen molar-refractivity contribution in [3.8, 4) is 5.75 Å². The number of ether oxygens (including phenoxy) is 4. The Morgan fingerprint density at radius 1 is 0.583 bits per heavy atom. The van der Waals surface area contributed by atoms with Crippen LogP contribution in [0.2, 0.25) is 0 Å². The van der Waals surface area contributed by atoms with Crippen LogP contribution in [0.4, 0.5) is 5.69 Å². The van der Waals surface area contributed by atoms with E-state index in [0.29, 0.717) is 13.2 Å². The third-order valence-electron chi connectivity index (χ3n) is 5.85. The first-order valence-corrected chi connectivity index (χ1v) is 18.7. The van der Waals surface area contributed by atoms with E-state index in [1.165, 1.54) is 5.69 Å². The molecule has 0 aliphatic carbocycles. The Labute approximate surface area is 298 Å². The van der Waals surface area contributed by atoms with E-state index < -0.39 is 0 Å². The summed E-state index contributed by atoms with van der Waals surface area (Å²) >= 11 is 0. The van der Waals surface area contributed by atoms with Gasteiger partial charge in [-0.3, -0.25) is 4.90 Å². The minimum atomic E-state index is 0.682. The standard InChI is InChI=1S/C17H22O2.C15H24N2O2.5C2H6/c1-2-3-4-5-9-14-18-15-10-11-16-19-17-12-7-6-8-13-17;1-18-13-14-19-12-11-16-7-9-17(10-8-16)15-5-3-2-4-6-15;5*1-2/h2-9,12-14H,10-11,15-16H2,1H3;2-6H,7-14H2,1H3;5*1-2H3/b3-2-,5-4-,14-9+;;;;;;. The molecule has 2 aromatic carbocycles. The second-order valence-electron chi connectivity index (χ2n) is 8.75. The maximum absolute atomic E-state index is 5.59. The van der Waals surface area contributed by atoms with Crippen molar-refractivity contribution in [2.24, 2.45) is 0 Å². The number of piperazine rings is 1. The molecule has 0 amide bonds. The highest BCUT2D eigenvalue weighted by molar-refractivity contribution is 5.46. The van der Waals surface area contributed by atoms with Crippen molar-refractivity contribution in [1.29, 1.82) is 0 Å². The zero-order valence-electron chi connectivity index (χ0n) is 33.3. The van der Waals surface area contributed by atoms with Gasteiger partial charge in [0.1, 0.15) is 5.75 Å². The number of allylic oxidation sites excluding steroid dienone is 5. The number of hydrogen-bond acceptors (Lipinski definition) is 6. The van der Waals surface area contributed by atoms with Gasteiger partial charge in [0.05, 0.1) is 39.3 Å². The van der Waals surface area contributed by atoms with Crippen molar-refractivity contribution in [2.45, 2.75) is 89.0 Å². The first-order chi connectivity index (χ1) is 23.8. The fraction of sp³-hybridized carbons (Fsp3) is 0.571. The normalized spacial score (nSPS) is 11.9. The summed E-state index contributed by atoms with van der Waals surface area (Å²) in [6.07, 6.45) is 13.5. The molecule has 1 aliphatic heterocycles. The fourth-order valence-corrected chi connectivity index (χ4v) is 3.71. The highest BCUT2D eigenvalue weighted by Crippen LogP contribution is 2.15. The summed E-state index contributed by atoms with van der Waals surface area (Å²) in [6, 6.07) is 20.5. The van der Waals surface area contributed by atoms with Gasteiger partial charge in [0.15, 0.2) is 0 Å². The van der Waals surface area contributed by atoms with Gasteiger partial charge in [-0.15, -0.1) is 0 Å². The largest absolute Gasteiger partial charge is 0.501 e. The van der Waals surface area contributed by atoms with Crippen molar-refractivity contribution in [3.63, 3.8) is 0 Å². The second-order valence-corrected chi connectivity index (χ2v) is 8.75. The maximum atomic E-state index is 5.59. The summed E-state index contributed by atoms with van der Waals surface area (Å²) in [5.74, 6) is 0.928. The second kappa shape index (κ2) is 48.3. The van der Waals surface area contributed by atoms with Crippen LogP contribution >= 0.6 is 0 Å². The number of anilines is 1. The summed E-state index contributed by atoms with van der Waals surface area (Å²) in [6.45, 7) is 31.1. The van der Waals surface area contributed by atoms with Gasteiger partial charge in [0.2, 0.25) is 0 Å². The molecule has 0 radical (unpaired) electrons. The Hall–Kier alpha value is -3.06. The van der Waals surface area contributed by atoms with Crippen LogP contribution in [0.5, 0.6) is 5.75 Å². The molecule has 0 saturated carbocycles. The predicted molar refractivity (Wildman–Crippen MR) is 215 cm³/mol. The lowest BCUT2D eigenvalue weighted by atomic mass is 10.2. The van der Waals surface area contributed by atoms with Gasteiger partial charge < -0.3 is 23.8 Å². The van der Waals surface area contributed by atoms with Crippen molar-refractivity contribution in [3.05, 3.63) is 97.3 Å². The fourth-order valence-electron chi connectivity index (χ4n) is 3.71. The number of para-hydroxylation sites is 2. The predicted octanol–water partition coefficient (Wildman–Crippen LogP) is 11.1. The molecule has 3 rings (SSSR count). The van der Waals surface area contributed by atoms with E-state index >= 15 is 0 Å². The Morgan fingerprint density at radius 2 is 1.12 bits per heavy atom. The van der Waals surface area contributed by atoms with Crippen LogP contribution in [0.1, 0.15) is 89.0 Å². The molecule has 0 aromatic heterocycles. The molecule has 0 bridgehead atoms. The average Bonchev–Trinajstić information content (AvgIpc) is 3.19. The number of methoxy groups -OCH3 is 1. The van der Waals surface area contributed by atoms with Crippen LogP contribution in [0.15, 0.2) is 97.3 Å². The molecule has 1 saturated heterocycles. The van der Waals surface area contributed by atoms with Crippen LogP contribution in [-0.4, -0.2) is 77.8 Å². The summed E-state index contributed by atoms with van der Waals surface area (Å²) < 4.78 is 21.4. The highest BCUT2D eigenvalue weighted by Gasteiger charge is 2.16. The summed E-state index contributed by atoms with van der Waals surface area (Å²) in [4.78, 5) is 4.91. The van der Waals surface area contributed by atoms with Crippen molar-refractivity contribution in [2.75, 3.05) is 77.8 Å². The third-order valence-corrected chi connectivity index (χ3v) is 5.85. The minimum absolute atomic E-state index is 0.682. The molecule has 1 heterocycles. The van der Waals surface area contributed by atoms with Crippen LogP contribution in [0.3, 0.4) is 0 Å². The summed E-state index contributed by atoms with van der Waals surface area (Å²) in [5.41, 5.74) is 1.33. The lowest BCUT2D eigenvalue weighted by molar-refractivity contribution is 0.0563. The number of nitrogens with zero attached hydrogens (tertiary/aromatic N) is 2. The molecule has 0 N–H and O–H groups in total. The Balaban J connectivity index is -0.000000320. The van der Waals surface area contributed by atoms with E-state index in [2.05, 4.69) is 40.1 Å². The number of hydrogen-bond donors (Lipinski definition) is 0. The van der Waals surface area contributed by atoms with E-state index in [4.69, 9.17) is 18.9 Å². The third kappa shape index (κ3) is 34.3. The van der Waals surface area contributed by atoms with E-state index in [9.17, 15) is 0 Å². The van der Waals surface area contributed by atoms with Crippen LogP contribution in [0, 0.1) is 0 Å². The molecule has 0 unspecified atom stereocenters. The van der Waals surface area contributed by atoms with Gasteiger partial charge in [-0.05, 0) is 50.1 Å². The quantitative estimate of drug-likeness (QED) is 0.100. The molecule has 0 atom stereocenters. The zero-order chi connectivity index (χ0) is 36.9. The van der Waals surface area contributed by atoms with Crippen molar-refractivity contribution < 1.29 is 18.9 Å². The molecule has 48 heavy (non-hydrogen) atoms. The summed E-state index contributed by atoms with van der Waals surface area (Å²) in [7, 11) is 1.70. The monoisotopic (exact) mass is 673 g/mol. The first kappa shape index (κ1) is 51.8. The topological polar surface area (TPSA) is 43.4 Å². The Bertz CT molecular complexity index is 881. The minimum Gasteiger partial charge on any atom is -0.501 e. The molecule has 6 heteroatoms. The molecule has 278 valence electrons. The molecule has 0 spiro atoms. The first-order valence-electron chi connectivity index (χ1n) is 18.7. The SMILES string of the molecule is CC.CC.CC.CC.CC.COCCOCCN1CCN(c2ccccc2)CC1.C\C=C/C=C\C=C\OCCCCOc1ccccc1. The van der Waals surface area contributed by atoms with Crippen molar-refractivity contribution in [1.82, 2.24) is 4.90 Å². The highest BCUT2D eigenvalue weighted by atomic mass is 16.5. The van der Waals surface area contributed by atoms with Gasteiger partial charge in [0.25, 0.3) is 0 Å².